The lowest BCUT2D eigenvalue weighted by molar-refractivity contribution is -0.116. The van der Waals surface area contributed by atoms with Crippen molar-refractivity contribution >= 4 is 47.3 Å². The van der Waals surface area contributed by atoms with Crippen LogP contribution in [0.5, 0.6) is 11.5 Å². The molecule has 1 heterocycles. The fourth-order valence-corrected chi connectivity index (χ4v) is 2.20. The van der Waals surface area contributed by atoms with Crippen LogP contribution in [0.4, 0.5) is 11.5 Å². The van der Waals surface area contributed by atoms with Gasteiger partial charge in [0.05, 0.1) is 20.8 Å². The molecular formula is C18H24IN5O3. The van der Waals surface area contributed by atoms with Crippen molar-refractivity contribution in [2.75, 3.05) is 31.4 Å². The highest BCUT2D eigenvalue weighted by Crippen LogP contribution is 2.29. The van der Waals surface area contributed by atoms with E-state index in [4.69, 9.17) is 15.2 Å². The molecule has 0 radical (unpaired) electrons. The quantitative estimate of drug-likeness (QED) is 0.316. The fourth-order valence-electron chi connectivity index (χ4n) is 2.20. The average molecular weight is 485 g/mol. The molecule has 0 saturated heterocycles. The Bertz CT molecular complexity index is 798. The summed E-state index contributed by atoms with van der Waals surface area (Å²) in [6.45, 7) is 2.12. The van der Waals surface area contributed by atoms with Crippen LogP contribution in [0.15, 0.2) is 41.4 Å². The maximum atomic E-state index is 11.9. The van der Waals surface area contributed by atoms with Crippen molar-refractivity contribution < 1.29 is 14.3 Å². The molecule has 4 N–H and O–H groups in total. The van der Waals surface area contributed by atoms with Crippen molar-refractivity contribution in [2.24, 2.45) is 10.7 Å². The van der Waals surface area contributed by atoms with E-state index in [1.54, 1.807) is 38.5 Å². The Kier molecular flexibility index (Phi) is 9.34. The van der Waals surface area contributed by atoms with Gasteiger partial charge in [-0.25, -0.2) is 4.98 Å². The van der Waals surface area contributed by atoms with Crippen molar-refractivity contribution in [1.29, 1.82) is 0 Å². The topological polar surface area (TPSA) is 111 Å². The number of nitrogens with one attached hydrogen (secondary N) is 2. The van der Waals surface area contributed by atoms with Gasteiger partial charge in [-0.05, 0) is 31.2 Å². The van der Waals surface area contributed by atoms with E-state index >= 15 is 0 Å². The largest absolute Gasteiger partial charge is 0.493 e. The number of nitrogens with two attached hydrogens (primary N) is 1. The molecular weight excluding hydrogens is 461 g/mol. The first-order valence-electron chi connectivity index (χ1n) is 8.04. The lowest BCUT2D eigenvalue weighted by atomic mass is 10.3. The predicted molar refractivity (Wildman–Crippen MR) is 117 cm³/mol. The molecule has 27 heavy (non-hydrogen) atoms. The monoisotopic (exact) mass is 485 g/mol. The van der Waals surface area contributed by atoms with Crippen LogP contribution in [-0.2, 0) is 4.79 Å². The van der Waals surface area contributed by atoms with Gasteiger partial charge in [-0.2, -0.15) is 0 Å². The molecule has 0 atom stereocenters. The smallest absolute Gasteiger partial charge is 0.227 e. The average Bonchev–Trinajstić information content (AvgIpc) is 2.61. The minimum absolute atomic E-state index is 0. The molecule has 0 spiro atoms. The van der Waals surface area contributed by atoms with Crippen molar-refractivity contribution in [1.82, 2.24) is 4.98 Å². The minimum atomic E-state index is -0.175. The lowest BCUT2D eigenvalue weighted by Crippen LogP contribution is -2.23. The number of anilines is 2. The highest BCUT2D eigenvalue weighted by molar-refractivity contribution is 14.0. The van der Waals surface area contributed by atoms with Crippen molar-refractivity contribution in [3.63, 3.8) is 0 Å². The van der Waals surface area contributed by atoms with Crippen LogP contribution in [-0.4, -0.2) is 37.6 Å². The second-order valence-corrected chi connectivity index (χ2v) is 5.42. The van der Waals surface area contributed by atoms with Crippen LogP contribution >= 0.6 is 24.0 Å². The highest BCUT2D eigenvalue weighted by atomic mass is 127. The minimum Gasteiger partial charge on any atom is -0.493 e. The Labute approximate surface area is 175 Å². The SMILES string of the molecule is COc1ccc(NC(N)=NCCC(=O)Nc2cccc(C)n2)cc1OC.I. The molecule has 2 rings (SSSR count). The number of aryl methyl sites for hydroxylation is 1. The molecule has 1 aromatic carbocycles. The molecule has 0 aliphatic carbocycles. The second-order valence-electron chi connectivity index (χ2n) is 5.42. The zero-order valence-corrected chi connectivity index (χ0v) is 17.8. The Balaban J connectivity index is 0.00000364. The number of hydrogen-bond donors (Lipinski definition) is 3. The summed E-state index contributed by atoms with van der Waals surface area (Å²) in [7, 11) is 3.12. The number of aromatic nitrogens is 1. The van der Waals surface area contributed by atoms with Gasteiger partial charge in [-0.3, -0.25) is 9.79 Å². The van der Waals surface area contributed by atoms with Crippen LogP contribution in [0.25, 0.3) is 0 Å². The summed E-state index contributed by atoms with van der Waals surface area (Å²) < 4.78 is 10.4. The number of rotatable bonds is 7. The number of ether oxygens (including phenoxy) is 2. The van der Waals surface area contributed by atoms with Crippen LogP contribution in [0.2, 0.25) is 0 Å². The summed E-state index contributed by atoms with van der Waals surface area (Å²) in [4.78, 5) is 20.3. The summed E-state index contributed by atoms with van der Waals surface area (Å²) in [5.41, 5.74) is 7.39. The molecule has 9 heteroatoms. The number of hydrogen-bond acceptors (Lipinski definition) is 5. The Hall–Kier alpha value is -2.56. The Morgan fingerprint density at radius 1 is 1.15 bits per heavy atom. The van der Waals surface area contributed by atoms with E-state index in [9.17, 15) is 4.79 Å². The van der Waals surface area contributed by atoms with E-state index in [0.29, 0.717) is 23.0 Å². The normalized spacial score (nSPS) is 10.6. The number of aliphatic imine (C=N–C) groups is 1. The van der Waals surface area contributed by atoms with E-state index in [1.165, 1.54) is 0 Å². The van der Waals surface area contributed by atoms with E-state index in [-0.39, 0.29) is 48.8 Å². The zero-order chi connectivity index (χ0) is 18.9. The summed E-state index contributed by atoms with van der Waals surface area (Å²) in [6, 6.07) is 10.7. The van der Waals surface area contributed by atoms with Gasteiger partial charge in [0, 0.05) is 23.9 Å². The first kappa shape index (κ1) is 22.5. The number of halogens is 1. The van der Waals surface area contributed by atoms with Gasteiger partial charge >= 0.3 is 0 Å². The maximum absolute atomic E-state index is 11.9. The zero-order valence-electron chi connectivity index (χ0n) is 15.5. The fraction of sp³-hybridized carbons (Fsp3) is 0.278. The van der Waals surface area contributed by atoms with Crippen LogP contribution in [0.3, 0.4) is 0 Å². The van der Waals surface area contributed by atoms with Gasteiger partial charge in [0.15, 0.2) is 17.5 Å². The van der Waals surface area contributed by atoms with Gasteiger partial charge in [-0.1, -0.05) is 6.07 Å². The van der Waals surface area contributed by atoms with E-state index in [0.717, 1.165) is 5.69 Å². The molecule has 0 unspecified atom stereocenters. The van der Waals surface area contributed by atoms with Gasteiger partial charge < -0.3 is 25.8 Å². The molecule has 1 aromatic heterocycles. The molecule has 8 nitrogen and oxygen atoms in total. The van der Waals surface area contributed by atoms with E-state index in [1.807, 2.05) is 19.1 Å². The Morgan fingerprint density at radius 3 is 2.56 bits per heavy atom. The standard InChI is InChI=1S/C18H23N5O3.HI/c1-12-5-4-6-16(21-12)23-17(24)9-10-20-18(19)22-13-7-8-14(25-2)15(11-13)26-3;/h4-8,11H,9-10H2,1-3H3,(H3,19,20,22)(H,21,23,24);1H. The van der Waals surface area contributed by atoms with Gasteiger partial charge in [-0.15, -0.1) is 24.0 Å². The molecule has 1 amide bonds. The predicted octanol–water partition coefficient (Wildman–Crippen LogP) is 2.78. The first-order valence-corrected chi connectivity index (χ1v) is 8.04. The van der Waals surface area contributed by atoms with Crippen LogP contribution < -0.4 is 25.8 Å². The van der Waals surface area contributed by atoms with Crippen molar-refractivity contribution in [2.45, 2.75) is 13.3 Å². The Morgan fingerprint density at radius 2 is 1.89 bits per heavy atom. The van der Waals surface area contributed by atoms with Crippen molar-refractivity contribution in [3.05, 3.63) is 42.1 Å². The molecule has 0 aliphatic rings. The van der Waals surface area contributed by atoms with Gasteiger partial charge in [0.25, 0.3) is 0 Å². The maximum Gasteiger partial charge on any atom is 0.227 e. The number of carbonyl (C=O) groups is 1. The lowest BCUT2D eigenvalue weighted by Gasteiger charge is -2.11. The molecule has 0 aliphatic heterocycles. The summed E-state index contributed by atoms with van der Waals surface area (Å²) in [6.07, 6.45) is 0.198. The van der Waals surface area contributed by atoms with Crippen LogP contribution in [0.1, 0.15) is 12.1 Å². The van der Waals surface area contributed by atoms with Gasteiger partial charge in [0.1, 0.15) is 5.82 Å². The summed E-state index contributed by atoms with van der Waals surface area (Å²) >= 11 is 0. The van der Waals surface area contributed by atoms with Crippen LogP contribution in [0, 0.1) is 6.92 Å². The number of amides is 1. The molecule has 0 saturated carbocycles. The van der Waals surface area contributed by atoms with Gasteiger partial charge in [0.2, 0.25) is 5.91 Å². The number of carbonyl (C=O) groups excluding carboxylic acids is 1. The number of methoxy groups -OCH3 is 2. The molecule has 146 valence electrons. The van der Waals surface area contributed by atoms with E-state index < -0.39 is 0 Å². The third-order valence-corrected chi connectivity index (χ3v) is 3.43. The molecule has 0 fully saturated rings. The first-order chi connectivity index (χ1) is 12.5. The third kappa shape index (κ3) is 7.29. The summed E-state index contributed by atoms with van der Waals surface area (Å²) in [5.74, 6) is 1.75. The third-order valence-electron chi connectivity index (χ3n) is 3.43. The summed E-state index contributed by atoms with van der Waals surface area (Å²) in [5, 5.41) is 5.67. The van der Waals surface area contributed by atoms with Crippen molar-refractivity contribution in [3.8, 4) is 11.5 Å². The number of pyridine rings is 1. The molecule has 0 bridgehead atoms. The highest BCUT2D eigenvalue weighted by Gasteiger charge is 2.06. The molecule has 2 aromatic rings. The van der Waals surface area contributed by atoms with E-state index in [2.05, 4.69) is 20.6 Å². The second kappa shape index (κ2) is 11.2. The number of guanidine groups is 1. The number of nitrogens with zero attached hydrogens (tertiary/aromatic N) is 2. The number of benzene rings is 1.